The number of nitrogens with one attached hydrogen (secondary N) is 2. The second-order valence-electron chi connectivity index (χ2n) is 6.72. The Morgan fingerprint density at radius 3 is 2.63 bits per heavy atom. The van der Waals surface area contributed by atoms with E-state index in [9.17, 15) is 14.0 Å². The molecular weight excluding hydrogens is 349 g/mol. The monoisotopic (exact) mass is 371 g/mol. The van der Waals surface area contributed by atoms with E-state index >= 15 is 0 Å². The summed E-state index contributed by atoms with van der Waals surface area (Å²) in [6.45, 7) is 2.06. The Kier molecular flexibility index (Phi) is 5.09. The number of pyridine rings is 1. The van der Waals surface area contributed by atoms with Crippen LogP contribution >= 0.6 is 0 Å². The number of amides is 1. The molecule has 1 amide bonds. The lowest BCUT2D eigenvalue weighted by molar-refractivity contribution is 0.0937. The fraction of sp³-hybridized carbons (Fsp3) is 0.316. The lowest BCUT2D eigenvalue weighted by atomic mass is 10.1. The topological polar surface area (TPSA) is 83.0 Å². The van der Waals surface area contributed by atoms with Crippen LogP contribution in [-0.2, 0) is 7.05 Å². The third-order valence-electron chi connectivity index (χ3n) is 4.58. The minimum Gasteiger partial charge on any atom is -0.349 e. The predicted octanol–water partition coefficient (Wildman–Crippen LogP) is 1.74. The number of aryl methyl sites for hydroxylation is 2. The number of H-pyrrole nitrogens is 1. The van der Waals surface area contributed by atoms with Gasteiger partial charge in [-0.2, -0.15) is 5.10 Å². The molecule has 2 aromatic heterocycles. The second kappa shape index (κ2) is 7.32. The van der Waals surface area contributed by atoms with E-state index in [0.717, 1.165) is 5.56 Å². The van der Waals surface area contributed by atoms with Crippen molar-refractivity contribution < 1.29 is 9.18 Å². The summed E-state index contributed by atoms with van der Waals surface area (Å²) in [5.41, 5.74) is 1.93. The molecule has 27 heavy (non-hydrogen) atoms. The first-order valence-electron chi connectivity index (χ1n) is 8.54. The number of aromatic nitrogens is 3. The highest BCUT2D eigenvalue weighted by Crippen LogP contribution is 2.18. The van der Waals surface area contributed by atoms with Gasteiger partial charge in [0.25, 0.3) is 5.91 Å². The van der Waals surface area contributed by atoms with Crippen molar-refractivity contribution in [2.24, 2.45) is 7.05 Å². The van der Waals surface area contributed by atoms with Crippen molar-refractivity contribution >= 4 is 16.9 Å². The van der Waals surface area contributed by atoms with Gasteiger partial charge in [-0.25, -0.2) is 4.39 Å². The molecule has 0 aliphatic heterocycles. The minimum absolute atomic E-state index is 0.135. The van der Waals surface area contributed by atoms with Crippen LogP contribution in [0.15, 0.2) is 35.1 Å². The van der Waals surface area contributed by atoms with Gasteiger partial charge < -0.3 is 15.2 Å². The van der Waals surface area contributed by atoms with Crippen LogP contribution in [0.25, 0.3) is 11.0 Å². The molecule has 0 aliphatic rings. The number of halogens is 1. The number of carbonyl (C=O) groups excluding carboxylic acids is 1. The van der Waals surface area contributed by atoms with Crippen LogP contribution in [0.4, 0.5) is 4.39 Å². The molecule has 7 nitrogen and oxygen atoms in total. The van der Waals surface area contributed by atoms with Gasteiger partial charge in [-0.15, -0.1) is 0 Å². The summed E-state index contributed by atoms with van der Waals surface area (Å²) < 4.78 is 14.7. The fourth-order valence-electron chi connectivity index (χ4n) is 3.15. The van der Waals surface area contributed by atoms with Gasteiger partial charge in [0.1, 0.15) is 17.2 Å². The average molecular weight is 371 g/mol. The zero-order chi connectivity index (χ0) is 19.7. The quantitative estimate of drug-likeness (QED) is 0.716. The molecule has 1 atom stereocenters. The highest BCUT2D eigenvalue weighted by atomic mass is 19.1. The number of carbonyl (C=O) groups is 1. The van der Waals surface area contributed by atoms with Crippen LogP contribution in [-0.4, -0.2) is 46.2 Å². The molecule has 2 heterocycles. The first-order chi connectivity index (χ1) is 12.8. The highest BCUT2D eigenvalue weighted by Gasteiger charge is 2.18. The number of aromatic amines is 1. The Hall–Kier alpha value is -3.00. The van der Waals surface area contributed by atoms with E-state index in [1.54, 1.807) is 30.8 Å². The number of likely N-dealkylation sites (N-methyl/N-ethyl adjacent to an activating group) is 1. The zero-order valence-electron chi connectivity index (χ0n) is 15.7. The summed E-state index contributed by atoms with van der Waals surface area (Å²) in [5, 5.41) is 7.53. The van der Waals surface area contributed by atoms with Crippen LogP contribution in [0.3, 0.4) is 0 Å². The molecule has 0 aliphatic carbocycles. The number of rotatable bonds is 5. The molecule has 0 saturated heterocycles. The number of nitrogens with zero attached hydrogens (tertiary/aromatic N) is 3. The molecule has 1 aromatic carbocycles. The molecule has 3 aromatic rings. The van der Waals surface area contributed by atoms with Crippen LogP contribution in [0, 0.1) is 12.7 Å². The third kappa shape index (κ3) is 3.75. The Bertz CT molecular complexity index is 1040. The van der Waals surface area contributed by atoms with E-state index in [1.807, 2.05) is 19.0 Å². The summed E-state index contributed by atoms with van der Waals surface area (Å²) in [5.74, 6) is -0.695. The SMILES string of the molecule is Cc1nn(C)c2[nH]c(C(=O)NC[C@H](c3ccc(F)cc3)N(C)C)cc(=O)c12. The molecule has 0 bridgehead atoms. The number of hydrogen-bond donors (Lipinski definition) is 2. The van der Waals surface area contributed by atoms with Gasteiger partial charge in [0.15, 0.2) is 5.43 Å². The maximum Gasteiger partial charge on any atom is 0.267 e. The molecule has 0 unspecified atom stereocenters. The van der Waals surface area contributed by atoms with Gasteiger partial charge in [-0.05, 0) is 38.7 Å². The van der Waals surface area contributed by atoms with Gasteiger partial charge in [-0.1, -0.05) is 12.1 Å². The van der Waals surface area contributed by atoms with E-state index in [0.29, 0.717) is 23.3 Å². The lowest BCUT2D eigenvalue weighted by Crippen LogP contribution is -2.35. The first kappa shape index (κ1) is 18.8. The molecule has 0 saturated carbocycles. The standard InChI is InChI=1S/C19H22FN5O2/c1-11-17-16(26)9-14(22-18(17)25(4)23-11)19(27)21-10-15(24(2)3)12-5-7-13(20)8-6-12/h5-9,15H,10H2,1-4H3,(H,21,27)(H,22,26)/t15-/m1/s1. The average Bonchev–Trinajstić information content (AvgIpc) is 2.90. The van der Waals surface area contributed by atoms with Crippen LogP contribution in [0.5, 0.6) is 0 Å². The van der Waals surface area contributed by atoms with Crippen molar-refractivity contribution in [1.29, 1.82) is 0 Å². The van der Waals surface area contributed by atoms with Crippen molar-refractivity contribution in [2.75, 3.05) is 20.6 Å². The fourth-order valence-corrected chi connectivity index (χ4v) is 3.15. The van der Waals surface area contributed by atoms with E-state index in [1.165, 1.54) is 18.2 Å². The molecular formula is C19H22FN5O2. The largest absolute Gasteiger partial charge is 0.349 e. The van der Waals surface area contributed by atoms with Crippen molar-refractivity contribution in [3.8, 4) is 0 Å². The Labute approximate surface area is 155 Å². The van der Waals surface area contributed by atoms with Gasteiger partial charge in [-0.3, -0.25) is 14.3 Å². The van der Waals surface area contributed by atoms with Crippen LogP contribution in [0.1, 0.15) is 27.8 Å². The lowest BCUT2D eigenvalue weighted by Gasteiger charge is -2.25. The predicted molar refractivity (Wildman–Crippen MR) is 101 cm³/mol. The number of hydrogen-bond acceptors (Lipinski definition) is 4. The van der Waals surface area contributed by atoms with Crippen LogP contribution in [0.2, 0.25) is 0 Å². The van der Waals surface area contributed by atoms with Gasteiger partial charge in [0, 0.05) is 19.7 Å². The number of benzene rings is 1. The molecule has 8 heteroatoms. The van der Waals surface area contributed by atoms with Gasteiger partial charge in [0.2, 0.25) is 0 Å². The van der Waals surface area contributed by atoms with E-state index in [4.69, 9.17) is 0 Å². The Morgan fingerprint density at radius 1 is 1.33 bits per heavy atom. The van der Waals surface area contributed by atoms with Gasteiger partial charge >= 0.3 is 0 Å². The van der Waals surface area contributed by atoms with Crippen molar-refractivity contribution in [3.63, 3.8) is 0 Å². The molecule has 0 spiro atoms. The highest BCUT2D eigenvalue weighted by molar-refractivity contribution is 5.94. The third-order valence-corrected chi connectivity index (χ3v) is 4.58. The molecule has 0 radical (unpaired) electrons. The van der Waals surface area contributed by atoms with Crippen molar-refractivity contribution in [1.82, 2.24) is 25.0 Å². The van der Waals surface area contributed by atoms with Crippen LogP contribution < -0.4 is 10.7 Å². The second-order valence-corrected chi connectivity index (χ2v) is 6.72. The summed E-state index contributed by atoms with van der Waals surface area (Å²) >= 11 is 0. The normalized spacial score (nSPS) is 12.5. The smallest absolute Gasteiger partial charge is 0.267 e. The molecule has 2 N–H and O–H groups in total. The maximum absolute atomic E-state index is 13.2. The van der Waals surface area contributed by atoms with Crippen molar-refractivity contribution in [3.05, 3.63) is 63.3 Å². The Balaban J connectivity index is 1.82. The summed E-state index contributed by atoms with van der Waals surface area (Å²) in [4.78, 5) is 29.8. The van der Waals surface area contributed by atoms with Crippen molar-refractivity contribution in [2.45, 2.75) is 13.0 Å². The first-order valence-corrected chi connectivity index (χ1v) is 8.54. The summed E-state index contributed by atoms with van der Waals surface area (Å²) in [6.07, 6.45) is 0. The van der Waals surface area contributed by atoms with Gasteiger partial charge in [0.05, 0.1) is 17.1 Å². The zero-order valence-corrected chi connectivity index (χ0v) is 15.7. The number of fused-ring (bicyclic) bond motifs is 1. The minimum atomic E-state index is -0.387. The van der Waals surface area contributed by atoms with E-state index < -0.39 is 0 Å². The molecule has 142 valence electrons. The Morgan fingerprint density at radius 2 is 2.00 bits per heavy atom. The molecule has 3 rings (SSSR count). The summed E-state index contributed by atoms with van der Waals surface area (Å²) in [7, 11) is 5.47. The van der Waals surface area contributed by atoms with E-state index in [-0.39, 0.29) is 28.9 Å². The van der Waals surface area contributed by atoms with E-state index in [2.05, 4.69) is 15.4 Å². The molecule has 0 fully saturated rings. The summed E-state index contributed by atoms with van der Waals surface area (Å²) in [6, 6.07) is 7.32. The maximum atomic E-state index is 13.2.